The Morgan fingerprint density at radius 3 is 3.15 bits per heavy atom. The molecule has 2 nitrogen and oxygen atoms in total. The molecule has 13 heavy (non-hydrogen) atoms. The van der Waals surface area contributed by atoms with Crippen LogP contribution in [0.25, 0.3) is 0 Å². The molecule has 68 valence electrons. The lowest BCUT2D eigenvalue weighted by atomic mass is 9.98. The van der Waals surface area contributed by atoms with Crippen molar-refractivity contribution in [1.29, 1.82) is 0 Å². The molecule has 2 aliphatic heterocycles. The van der Waals surface area contributed by atoms with Crippen molar-refractivity contribution >= 4 is 0 Å². The zero-order chi connectivity index (χ0) is 8.67. The van der Waals surface area contributed by atoms with Gasteiger partial charge < -0.3 is 0 Å². The molecule has 0 aromatic heterocycles. The Hall–Kier alpha value is -0.860. The molecule has 0 radical (unpaired) electrons. The molecule has 1 atom stereocenters. The van der Waals surface area contributed by atoms with Crippen molar-refractivity contribution < 1.29 is 0 Å². The van der Waals surface area contributed by atoms with Crippen molar-refractivity contribution in [3.05, 3.63) is 35.4 Å². The highest BCUT2D eigenvalue weighted by atomic mass is 15.3. The molecule has 1 unspecified atom stereocenters. The molecule has 2 heterocycles. The van der Waals surface area contributed by atoms with E-state index in [1.165, 1.54) is 30.6 Å². The van der Waals surface area contributed by atoms with Gasteiger partial charge in [-0.1, -0.05) is 24.3 Å². The van der Waals surface area contributed by atoms with Crippen molar-refractivity contribution in [2.45, 2.75) is 12.6 Å². The standard InChI is InChI=1S/C11H14N2/c1-2-4-10-9(3-1)5-7-13-8-6-12-11(10)13/h1-4,11-12H,5-8H2. The zero-order valence-corrected chi connectivity index (χ0v) is 7.66. The third-order valence-electron chi connectivity index (χ3n) is 3.12. The molecule has 0 amide bonds. The summed E-state index contributed by atoms with van der Waals surface area (Å²) in [4.78, 5) is 2.53. The van der Waals surface area contributed by atoms with Gasteiger partial charge in [0, 0.05) is 19.6 Å². The lowest BCUT2D eigenvalue weighted by molar-refractivity contribution is 0.231. The van der Waals surface area contributed by atoms with Crippen molar-refractivity contribution in [3.63, 3.8) is 0 Å². The van der Waals surface area contributed by atoms with E-state index in [1.807, 2.05) is 0 Å². The normalized spacial score (nSPS) is 26.9. The van der Waals surface area contributed by atoms with E-state index < -0.39 is 0 Å². The van der Waals surface area contributed by atoms with Crippen LogP contribution in [-0.4, -0.2) is 24.5 Å². The van der Waals surface area contributed by atoms with Crippen molar-refractivity contribution in [3.8, 4) is 0 Å². The molecule has 3 rings (SSSR count). The van der Waals surface area contributed by atoms with Crippen LogP contribution in [0.5, 0.6) is 0 Å². The van der Waals surface area contributed by atoms with Gasteiger partial charge in [0.2, 0.25) is 0 Å². The van der Waals surface area contributed by atoms with Crippen LogP contribution >= 0.6 is 0 Å². The maximum Gasteiger partial charge on any atom is 0.0864 e. The molecule has 0 spiro atoms. The van der Waals surface area contributed by atoms with E-state index in [4.69, 9.17) is 0 Å². The van der Waals surface area contributed by atoms with Crippen LogP contribution in [0.3, 0.4) is 0 Å². The van der Waals surface area contributed by atoms with Crippen LogP contribution in [0.15, 0.2) is 24.3 Å². The summed E-state index contributed by atoms with van der Waals surface area (Å²) in [6.07, 6.45) is 1.72. The van der Waals surface area contributed by atoms with Gasteiger partial charge in [0.25, 0.3) is 0 Å². The number of benzene rings is 1. The van der Waals surface area contributed by atoms with Gasteiger partial charge in [-0.15, -0.1) is 0 Å². The molecule has 1 aromatic carbocycles. The average Bonchev–Trinajstić information content (AvgIpc) is 2.65. The smallest absolute Gasteiger partial charge is 0.0864 e. The first-order valence-electron chi connectivity index (χ1n) is 5.00. The summed E-state index contributed by atoms with van der Waals surface area (Å²) in [6, 6.07) is 8.79. The monoisotopic (exact) mass is 174 g/mol. The van der Waals surface area contributed by atoms with E-state index in [0.717, 1.165) is 6.54 Å². The van der Waals surface area contributed by atoms with Crippen LogP contribution < -0.4 is 5.32 Å². The molecule has 1 N–H and O–H groups in total. The second kappa shape index (κ2) is 2.82. The quantitative estimate of drug-likeness (QED) is 0.634. The van der Waals surface area contributed by atoms with Gasteiger partial charge in [-0.25, -0.2) is 0 Å². The fourth-order valence-electron chi connectivity index (χ4n) is 2.44. The van der Waals surface area contributed by atoms with E-state index in [0.29, 0.717) is 6.17 Å². The molecule has 0 bridgehead atoms. The second-order valence-electron chi connectivity index (χ2n) is 3.84. The lowest BCUT2D eigenvalue weighted by Crippen LogP contribution is -2.34. The summed E-state index contributed by atoms with van der Waals surface area (Å²) in [7, 11) is 0. The molecule has 1 fully saturated rings. The molecule has 1 saturated heterocycles. The summed E-state index contributed by atoms with van der Waals surface area (Å²) in [5.41, 5.74) is 3.02. The Bertz CT molecular complexity index is 322. The Morgan fingerprint density at radius 2 is 2.15 bits per heavy atom. The van der Waals surface area contributed by atoms with Crippen LogP contribution in [-0.2, 0) is 6.42 Å². The first-order valence-corrected chi connectivity index (χ1v) is 5.00. The molecule has 0 saturated carbocycles. The minimum atomic E-state index is 0.505. The van der Waals surface area contributed by atoms with Crippen LogP contribution in [0.2, 0.25) is 0 Å². The third-order valence-corrected chi connectivity index (χ3v) is 3.12. The predicted octanol–water partition coefficient (Wildman–Crippen LogP) is 1.15. The molecule has 1 aromatic rings. The minimum Gasteiger partial charge on any atom is -0.297 e. The highest BCUT2D eigenvalue weighted by Crippen LogP contribution is 2.29. The Kier molecular flexibility index (Phi) is 1.64. The topological polar surface area (TPSA) is 15.3 Å². The highest BCUT2D eigenvalue weighted by molar-refractivity contribution is 5.32. The third kappa shape index (κ3) is 1.10. The highest BCUT2D eigenvalue weighted by Gasteiger charge is 2.29. The number of hydrogen-bond donors (Lipinski definition) is 1. The largest absolute Gasteiger partial charge is 0.297 e. The maximum atomic E-state index is 3.54. The summed E-state index contributed by atoms with van der Waals surface area (Å²) < 4.78 is 0. The second-order valence-corrected chi connectivity index (χ2v) is 3.84. The van der Waals surface area contributed by atoms with Crippen LogP contribution in [0, 0.1) is 0 Å². The van der Waals surface area contributed by atoms with E-state index in [1.54, 1.807) is 0 Å². The fraction of sp³-hybridized carbons (Fsp3) is 0.455. The van der Waals surface area contributed by atoms with Gasteiger partial charge >= 0.3 is 0 Å². The fourth-order valence-corrected chi connectivity index (χ4v) is 2.44. The molecular weight excluding hydrogens is 160 g/mol. The Labute approximate surface area is 78.6 Å². The molecule has 0 aliphatic carbocycles. The Balaban J connectivity index is 2.06. The molecular formula is C11H14N2. The molecule has 2 aliphatic rings. The van der Waals surface area contributed by atoms with Crippen LogP contribution in [0.4, 0.5) is 0 Å². The zero-order valence-electron chi connectivity index (χ0n) is 7.66. The number of nitrogens with one attached hydrogen (secondary N) is 1. The van der Waals surface area contributed by atoms with Crippen LogP contribution in [0.1, 0.15) is 17.3 Å². The summed E-state index contributed by atoms with van der Waals surface area (Å²) in [6.45, 7) is 3.56. The summed E-state index contributed by atoms with van der Waals surface area (Å²) in [5, 5.41) is 3.54. The van der Waals surface area contributed by atoms with E-state index >= 15 is 0 Å². The predicted molar refractivity (Wildman–Crippen MR) is 52.5 cm³/mol. The summed E-state index contributed by atoms with van der Waals surface area (Å²) >= 11 is 0. The van der Waals surface area contributed by atoms with Gasteiger partial charge in [-0.05, 0) is 17.5 Å². The number of fused-ring (bicyclic) bond motifs is 3. The van der Waals surface area contributed by atoms with Crippen molar-refractivity contribution in [1.82, 2.24) is 10.2 Å². The lowest BCUT2D eigenvalue weighted by Gasteiger charge is -2.31. The SMILES string of the molecule is c1ccc2c(c1)CCN1CCNC21. The molecule has 2 heteroatoms. The average molecular weight is 174 g/mol. The van der Waals surface area contributed by atoms with E-state index in [9.17, 15) is 0 Å². The van der Waals surface area contributed by atoms with E-state index in [-0.39, 0.29) is 0 Å². The summed E-state index contributed by atoms with van der Waals surface area (Å²) in [5.74, 6) is 0. The van der Waals surface area contributed by atoms with E-state index in [2.05, 4.69) is 34.5 Å². The van der Waals surface area contributed by atoms with Gasteiger partial charge in [0.05, 0.1) is 6.17 Å². The van der Waals surface area contributed by atoms with Gasteiger partial charge in [-0.2, -0.15) is 0 Å². The number of hydrogen-bond acceptors (Lipinski definition) is 2. The maximum absolute atomic E-state index is 3.54. The number of nitrogens with zero attached hydrogens (tertiary/aromatic N) is 1. The van der Waals surface area contributed by atoms with Gasteiger partial charge in [0.1, 0.15) is 0 Å². The minimum absolute atomic E-state index is 0.505. The Morgan fingerprint density at radius 1 is 1.23 bits per heavy atom. The first-order chi connectivity index (χ1) is 6.45. The first kappa shape index (κ1) is 7.54. The van der Waals surface area contributed by atoms with Crippen molar-refractivity contribution in [2.75, 3.05) is 19.6 Å². The van der Waals surface area contributed by atoms with Gasteiger partial charge in [0.15, 0.2) is 0 Å². The number of rotatable bonds is 0. The van der Waals surface area contributed by atoms with Crippen molar-refractivity contribution in [2.24, 2.45) is 0 Å². The van der Waals surface area contributed by atoms with Gasteiger partial charge in [-0.3, -0.25) is 10.2 Å².